The Kier molecular flexibility index (Phi) is 4.70. The number of furan rings is 1. The average molecular weight is 370 g/mol. The minimum Gasteiger partial charge on any atom is -0.460 e. The number of hydrogen-bond acceptors (Lipinski definition) is 3. The van der Waals surface area contributed by atoms with Crippen LogP contribution in [-0.2, 0) is 6.42 Å². The van der Waals surface area contributed by atoms with E-state index in [-0.39, 0.29) is 5.91 Å². The normalized spacial score (nSPS) is 11.0. The maximum atomic E-state index is 13.3. The molecule has 0 fully saturated rings. The van der Waals surface area contributed by atoms with Crippen molar-refractivity contribution < 1.29 is 9.21 Å². The van der Waals surface area contributed by atoms with Crippen molar-refractivity contribution in [3.63, 3.8) is 0 Å². The van der Waals surface area contributed by atoms with E-state index in [1.54, 1.807) is 6.07 Å². The number of hydrogen-bond donors (Lipinski definition) is 1. The molecule has 2 heterocycles. The molecule has 4 heteroatoms. The van der Waals surface area contributed by atoms with E-state index in [4.69, 9.17) is 4.42 Å². The van der Waals surface area contributed by atoms with Crippen molar-refractivity contribution >= 4 is 22.5 Å². The molecule has 0 unspecified atom stereocenters. The van der Waals surface area contributed by atoms with Gasteiger partial charge in [0.1, 0.15) is 11.5 Å². The smallest absolute Gasteiger partial charge is 0.256 e. The highest BCUT2D eigenvalue weighted by Gasteiger charge is 2.17. The lowest BCUT2D eigenvalue weighted by Gasteiger charge is -2.14. The predicted octanol–water partition coefficient (Wildman–Crippen LogP) is 5.93. The van der Waals surface area contributed by atoms with Crippen molar-refractivity contribution in [2.45, 2.75) is 27.2 Å². The van der Waals surface area contributed by atoms with Crippen LogP contribution in [0.15, 0.2) is 65.1 Å². The molecule has 4 nitrogen and oxygen atoms in total. The van der Waals surface area contributed by atoms with Gasteiger partial charge in [0.15, 0.2) is 5.76 Å². The maximum absolute atomic E-state index is 13.3. The third kappa shape index (κ3) is 3.29. The van der Waals surface area contributed by atoms with Crippen molar-refractivity contribution in [1.29, 1.82) is 0 Å². The van der Waals surface area contributed by atoms with Gasteiger partial charge in [0.05, 0.1) is 11.1 Å². The van der Waals surface area contributed by atoms with Crippen LogP contribution in [0.5, 0.6) is 0 Å². The Morgan fingerprint density at radius 1 is 1.04 bits per heavy atom. The van der Waals surface area contributed by atoms with Crippen LogP contribution in [0.25, 0.3) is 22.4 Å². The molecule has 28 heavy (non-hydrogen) atoms. The number of rotatable bonds is 4. The molecule has 0 aliphatic rings. The Hall–Kier alpha value is -3.40. The number of anilines is 1. The minimum atomic E-state index is -0.146. The minimum absolute atomic E-state index is 0.146. The summed E-state index contributed by atoms with van der Waals surface area (Å²) in [4.78, 5) is 18.0. The second kappa shape index (κ2) is 7.31. The molecular formula is C24H22N2O2. The summed E-state index contributed by atoms with van der Waals surface area (Å²) in [6, 6.07) is 19.3. The zero-order valence-corrected chi connectivity index (χ0v) is 16.2. The Morgan fingerprint density at radius 2 is 1.86 bits per heavy atom. The molecule has 2 aromatic heterocycles. The van der Waals surface area contributed by atoms with Crippen LogP contribution >= 0.6 is 0 Å². The molecule has 4 aromatic rings. The molecule has 0 saturated heterocycles. The van der Waals surface area contributed by atoms with Crippen LogP contribution in [0, 0.1) is 13.8 Å². The van der Waals surface area contributed by atoms with Crippen molar-refractivity contribution in [2.75, 3.05) is 5.32 Å². The van der Waals surface area contributed by atoms with Gasteiger partial charge in [0.2, 0.25) is 0 Å². The fraction of sp³-hybridized carbons (Fsp3) is 0.167. The zero-order chi connectivity index (χ0) is 19.7. The maximum Gasteiger partial charge on any atom is 0.256 e. The SMILES string of the molecule is CCc1cccc(C)c1NC(=O)c1cc(-c2ccc(C)o2)nc2ccccc12. The summed E-state index contributed by atoms with van der Waals surface area (Å²) in [6.07, 6.45) is 0.852. The molecule has 0 radical (unpaired) electrons. The van der Waals surface area contributed by atoms with Crippen LogP contribution < -0.4 is 5.32 Å². The standard InChI is InChI=1S/C24H22N2O2/c1-4-17-9-7-8-15(2)23(17)26-24(27)19-14-21(22-13-12-16(3)28-22)25-20-11-6-5-10-18(19)20/h5-14H,4H2,1-3H3,(H,26,27). The molecule has 0 aliphatic heterocycles. The molecule has 0 bridgehead atoms. The first-order valence-corrected chi connectivity index (χ1v) is 9.43. The molecule has 0 aliphatic carbocycles. The lowest BCUT2D eigenvalue weighted by molar-refractivity contribution is 0.102. The Bertz CT molecular complexity index is 1170. The summed E-state index contributed by atoms with van der Waals surface area (Å²) >= 11 is 0. The van der Waals surface area contributed by atoms with Gasteiger partial charge in [0.25, 0.3) is 5.91 Å². The summed E-state index contributed by atoms with van der Waals surface area (Å²) < 4.78 is 5.73. The van der Waals surface area contributed by atoms with Crippen molar-refractivity contribution in [1.82, 2.24) is 4.98 Å². The number of amides is 1. The summed E-state index contributed by atoms with van der Waals surface area (Å²) in [6.45, 7) is 5.99. The molecule has 1 N–H and O–H groups in total. The lowest BCUT2D eigenvalue weighted by Crippen LogP contribution is -2.15. The largest absolute Gasteiger partial charge is 0.460 e. The first-order chi connectivity index (χ1) is 13.6. The van der Waals surface area contributed by atoms with Crippen LogP contribution in [-0.4, -0.2) is 10.9 Å². The third-order valence-corrected chi connectivity index (χ3v) is 4.93. The molecular weight excluding hydrogens is 348 g/mol. The molecule has 1 amide bonds. The second-order valence-electron chi connectivity index (χ2n) is 6.90. The number of carbonyl (C=O) groups excluding carboxylic acids is 1. The summed E-state index contributed by atoms with van der Waals surface area (Å²) in [5.74, 6) is 1.32. The molecule has 140 valence electrons. The van der Waals surface area contributed by atoms with E-state index in [0.29, 0.717) is 17.0 Å². The Morgan fingerprint density at radius 3 is 2.61 bits per heavy atom. The highest BCUT2D eigenvalue weighted by Crippen LogP contribution is 2.28. The van der Waals surface area contributed by atoms with E-state index in [9.17, 15) is 4.79 Å². The number of nitrogens with one attached hydrogen (secondary N) is 1. The first kappa shape index (κ1) is 18.0. The van der Waals surface area contributed by atoms with Gasteiger partial charge in [-0.1, -0.05) is 43.3 Å². The molecule has 0 spiro atoms. The summed E-state index contributed by atoms with van der Waals surface area (Å²) in [7, 11) is 0. The second-order valence-corrected chi connectivity index (χ2v) is 6.90. The van der Waals surface area contributed by atoms with Crippen LogP contribution in [0.1, 0.15) is 34.2 Å². The molecule has 4 rings (SSSR count). The number of pyridine rings is 1. The average Bonchev–Trinajstić information content (AvgIpc) is 3.15. The third-order valence-electron chi connectivity index (χ3n) is 4.93. The monoisotopic (exact) mass is 370 g/mol. The summed E-state index contributed by atoms with van der Waals surface area (Å²) in [5.41, 5.74) is 5.05. The van der Waals surface area contributed by atoms with Crippen LogP contribution in [0.2, 0.25) is 0 Å². The van der Waals surface area contributed by atoms with Gasteiger partial charge in [-0.15, -0.1) is 0 Å². The Balaban J connectivity index is 1.82. The summed E-state index contributed by atoms with van der Waals surface area (Å²) in [5, 5.41) is 3.94. The first-order valence-electron chi connectivity index (χ1n) is 9.43. The number of aromatic nitrogens is 1. The van der Waals surface area contributed by atoms with E-state index in [2.05, 4.69) is 17.2 Å². The van der Waals surface area contributed by atoms with E-state index in [1.807, 2.05) is 68.4 Å². The van der Waals surface area contributed by atoms with Gasteiger partial charge in [-0.2, -0.15) is 0 Å². The number of carbonyl (C=O) groups is 1. The van der Waals surface area contributed by atoms with E-state index >= 15 is 0 Å². The van der Waals surface area contributed by atoms with Gasteiger partial charge in [-0.25, -0.2) is 4.98 Å². The number of fused-ring (bicyclic) bond motifs is 1. The topological polar surface area (TPSA) is 55.1 Å². The van der Waals surface area contributed by atoms with E-state index in [1.165, 1.54) is 0 Å². The van der Waals surface area contributed by atoms with Gasteiger partial charge < -0.3 is 9.73 Å². The Labute approximate surface area is 164 Å². The quantitative estimate of drug-likeness (QED) is 0.485. The van der Waals surface area contributed by atoms with Gasteiger partial charge in [-0.3, -0.25) is 4.79 Å². The molecule has 0 saturated carbocycles. The highest BCUT2D eigenvalue weighted by molar-refractivity contribution is 6.13. The number of benzene rings is 2. The van der Waals surface area contributed by atoms with Crippen LogP contribution in [0.3, 0.4) is 0 Å². The number of nitrogens with zero attached hydrogens (tertiary/aromatic N) is 1. The number of aryl methyl sites for hydroxylation is 3. The fourth-order valence-corrected chi connectivity index (χ4v) is 3.44. The molecule has 2 aromatic carbocycles. The van der Waals surface area contributed by atoms with Gasteiger partial charge in [0, 0.05) is 11.1 Å². The van der Waals surface area contributed by atoms with Gasteiger partial charge in [-0.05, 0) is 55.7 Å². The zero-order valence-electron chi connectivity index (χ0n) is 16.2. The lowest BCUT2D eigenvalue weighted by atomic mass is 10.0. The van der Waals surface area contributed by atoms with Crippen molar-refractivity contribution in [3.05, 3.63) is 83.1 Å². The predicted molar refractivity (Wildman–Crippen MR) is 113 cm³/mol. The van der Waals surface area contributed by atoms with Crippen molar-refractivity contribution in [3.8, 4) is 11.5 Å². The molecule has 0 atom stereocenters. The highest BCUT2D eigenvalue weighted by atomic mass is 16.3. The van der Waals surface area contributed by atoms with Gasteiger partial charge >= 0.3 is 0 Å². The van der Waals surface area contributed by atoms with Crippen molar-refractivity contribution in [2.24, 2.45) is 0 Å². The van der Waals surface area contributed by atoms with E-state index < -0.39 is 0 Å². The number of para-hydroxylation sites is 2. The fourth-order valence-electron chi connectivity index (χ4n) is 3.44. The van der Waals surface area contributed by atoms with E-state index in [0.717, 1.165) is 39.9 Å². The van der Waals surface area contributed by atoms with Crippen LogP contribution in [0.4, 0.5) is 5.69 Å².